The fourth-order valence-electron chi connectivity index (χ4n) is 3.03. The van der Waals surface area contributed by atoms with E-state index < -0.39 is 0 Å². The Morgan fingerprint density at radius 1 is 1.09 bits per heavy atom. The van der Waals surface area contributed by atoms with Crippen LogP contribution in [0.5, 0.6) is 0 Å². The quantitative estimate of drug-likeness (QED) is 0.925. The zero-order valence-electron chi connectivity index (χ0n) is 13.9. The van der Waals surface area contributed by atoms with Gasteiger partial charge in [-0.05, 0) is 38.3 Å². The number of amides is 2. The van der Waals surface area contributed by atoms with Crippen LogP contribution in [0.2, 0.25) is 0 Å². The summed E-state index contributed by atoms with van der Waals surface area (Å²) < 4.78 is 0. The lowest BCUT2D eigenvalue weighted by atomic mass is 10.1. The average Bonchev–Trinajstić information content (AvgIpc) is 2.69. The largest absolute Gasteiger partial charge is 0.362 e. The smallest absolute Gasteiger partial charge is 0.227 e. The van der Waals surface area contributed by atoms with Crippen LogP contribution in [0.1, 0.15) is 43.1 Å². The second kappa shape index (κ2) is 7.47. The first kappa shape index (κ1) is 16.6. The second-order valence-electron chi connectivity index (χ2n) is 6.14. The van der Waals surface area contributed by atoms with Crippen molar-refractivity contribution in [3.63, 3.8) is 0 Å². The Kier molecular flexibility index (Phi) is 5.63. The predicted molar refractivity (Wildman–Crippen MR) is 86.7 cm³/mol. The Morgan fingerprint density at radius 3 is 2.27 bits per heavy atom. The van der Waals surface area contributed by atoms with Gasteiger partial charge in [0, 0.05) is 44.0 Å². The maximum absolute atomic E-state index is 12.5. The van der Waals surface area contributed by atoms with Crippen LogP contribution in [0.3, 0.4) is 0 Å². The van der Waals surface area contributed by atoms with Crippen molar-refractivity contribution < 1.29 is 9.59 Å². The molecule has 2 amide bonds. The third-order valence-electron chi connectivity index (χ3n) is 4.26. The van der Waals surface area contributed by atoms with Crippen LogP contribution in [0.15, 0.2) is 6.07 Å². The van der Waals surface area contributed by atoms with Gasteiger partial charge in [-0.1, -0.05) is 6.92 Å². The number of nitrogens with one attached hydrogen (secondary N) is 1. The van der Waals surface area contributed by atoms with E-state index in [9.17, 15) is 9.59 Å². The van der Waals surface area contributed by atoms with Crippen LogP contribution in [0.25, 0.3) is 0 Å². The van der Waals surface area contributed by atoms with Crippen molar-refractivity contribution in [1.82, 2.24) is 14.8 Å². The molecular formula is C17H27N3O2. The summed E-state index contributed by atoms with van der Waals surface area (Å²) in [6.45, 7) is 8.86. The lowest BCUT2D eigenvalue weighted by Crippen LogP contribution is -2.37. The second-order valence-corrected chi connectivity index (χ2v) is 6.14. The first-order valence-electron chi connectivity index (χ1n) is 8.22. The van der Waals surface area contributed by atoms with Crippen molar-refractivity contribution in [2.75, 3.05) is 26.2 Å². The summed E-state index contributed by atoms with van der Waals surface area (Å²) in [5.74, 6) is 0.376. The zero-order chi connectivity index (χ0) is 16.1. The van der Waals surface area contributed by atoms with Gasteiger partial charge in [0.2, 0.25) is 11.8 Å². The molecule has 1 aromatic heterocycles. The van der Waals surface area contributed by atoms with Crippen LogP contribution in [-0.2, 0) is 16.0 Å². The lowest BCUT2D eigenvalue weighted by molar-refractivity contribution is -0.133. The van der Waals surface area contributed by atoms with Crippen LogP contribution >= 0.6 is 0 Å². The van der Waals surface area contributed by atoms with E-state index in [4.69, 9.17) is 0 Å². The lowest BCUT2D eigenvalue weighted by Gasteiger charge is -2.22. The molecule has 1 fully saturated rings. The Balaban J connectivity index is 1.91. The maximum atomic E-state index is 12.5. The van der Waals surface area contributed by atoms with Gasteiger partial charge in [0.1, 0.15) is 0 Å². The summed E-state index contributed by atoms with van der Waals surface area (Å²) in [5.41, 5.74) is 3.23. The van der Waals surface area contributed by atoms with Gasteiger partial charge in [-0.3, -0.25) is 9.59 Å². The molecule has 0 atom stereocenters. The number of rotatable bonds is 4. The van der Waals surface area contributed by atoms with Crippen molar-refractivity contribution in [2.45, 2.75) is 46.5 Å². The van der Waals surface area contributed by atoms with Crippen LogP contribution < -0.4 is 0 Å². The Hall–Kier alpha value is -1.78. The molecule has 122 valence electrons. The topological polar surface area (TPSA) is 56.4 Å². The van der Waals surface area contributed by atoms with Crippen LogP contribution in [0.4, 0.5) is 0 Å². The Morgan fingerprint density at radius 2 is 1.73 bits per heavy atom. The highest BCUT2D eigenvalue weighted by Gasteiger charge is 2.22. The number of aromatic amines is 1. The molecule has 0 saturated carbocycles. The SMILES string of the molecule is CCCC(=O)N1CCCN(C(=O)Cc2cc(C)[nH]c2C)CC1. The summed E-state index contributed by atoms with van der Waals surface area (Å²) in [6, 6.07) is 2.04. The fraction of sp³-hybridized carbons (Fsp3) is 0.647. The van der Waals surface area contributed by atoms with Gasteiger partial charge < -0.3 is 14.8 Å². The predicted octanol–water partition coefficient (Wildman–Crippen LogP) is 2.04. The molecule has 5 nitrogen and oxygen atoms in total. The molecule has 2 rings (SSSR count). The van der Waals surface area contributed by atoms with E-state index in [0.29, 0.717) is 25.9 Å². The Bertz CT molecular complexity index is 536. The highest BCUT2D eigenvalue weighted by Crippen LogP contribution is 2.13. The van der Waals surface area contributed by atoms with E-state index in [-0.39, 0.29) is 11.8 Å². The fourth-order valence-corrected chi connectivity index (χ4v) is 3.03. The molecule has 0 bridgehead atoms. The first-order chi connectivity index (χ1) is 10.5. The molecule has 5 heteroatoms. The van der Waals surface area contributed by atoms with E-state index in [2.05, 4.69) is 4.98 Å². The molecule has 1 aliphatic heterocycles. The molecule has 2 heterocycles. The van der Waals surface area contributed by atoms with Gasteiger partial charge in [0.15, 0.2) is 0 Å². The highest BCUT2D eigenvalue weighted by atomic mass is 16.2. The number of carbonyl (C=O) groups is 2. The van der Waals surface area contributed by atoms with Crippen molar-refractivity contribution >= 4 is 11.8 Å². The summed E-state index contributed by atoms with van der Waals surface area (Å²) in [6.07, 6.45) is 2.80. The number of aromatic nitrogens is 1. The standard InChI is InChI=1S/C17H27N3O2/c1-4-6-16(21)19-7-5-8-20(10-9-19)17(22)12-15-11-13(2)18-14(15)3/h11,18H,4-10,12H2,1-3H3. The van der Waals surface area contributed by atoms with E-state index in [1.165, 1.54) is 0 Å². The highest BCUT2D eigenvalue weighted by molar-refractivity contribution is 5.79. The minimum Gasteiger partial charge on any atom is -0.362 e. The van der Waals surface area contributed by atoms with Crippen molar-refractivity contribution in [1.29, 1.82) is 0 Å². The normalized spacial score (nSPS) is 15.8. The molecule has 0 aliphatic carbocycles. The molecule has 1 aromatic rings. The van der Waals surface area contributed by atoms with Gasteiger partial charge in [0.25, 0.3) is 0 Å². The average molecular weight is 305 g/mol. The molecule has 1 N–H and O–H groups in total. The van der Waals surface area contributed by atoms with Gasteiger partial charge in [-0.15, -0.1) is 0 Å². The third-order valence-corrected chi connectivity index (χ3v) is 4.26. The van der Waals surface area contributed by atoms with E-state index in [1.807, 2.05) is 36.6 Å². The summed E-state index contributed by atoms with van der Waals surface area (Å²) in [4.78, 5) is 31.5. The van der Waals surface area contributed by atoms with Crippen molar-refractivity contribution in [3.8, 4) is 0 Å². The molecule has 0 radical (unpaired) electrons. The minimum atomic E-state index is 0.159. The number of nitrogens with zero attached hydrogens (tertiary/aromatic N) is 2. The molecule has 0 aromatic carbocycles. The maximum Gasteiger partial charge on any atom is 0.227 e. The number of aryl methyl sites for hydroxylation is 2. The summed E-state index contributed by atoms with van der Waals surface area (Å²) >= 11 is 0. The van der Waals surface area contributed by atoms with Gasteiger partial charge >= 0.3 is 0 Å². The number of hydrogen-bond donors (Lipinski definition) is 1. The van der Waals surface area contributed by atoms with Crippen molar-refractivity contribution in [3.05, 3.63) is 23.0 Å². The summed E-state index contributed by atoms with van der Waals surface area (Å²) in [5, 5.41) is 0. The minimum absolute atomic E-state index is 0.159. The number of H-pyrrole nitrogens is 1. The summed E-state index contributed by atoms with van der Waals surface area (Å²) in [7, 11) is 0. The van der Waals surface area contributed by atoms with Gasteiger partial charge in [0.05, 0.1) is 6.42 Å². The molecule has 22 heavy (non-hydrogen) atoms. The van der Waals surface area contributed by atoms with E-state index in [1.54, 1.807) is 0 Å². The van der Waals surface area contributed by atoms with Crippen molar-refractivity contribution in [2.24, 2.45) is 0 Å². The number of carbonyl (C=O) groups excluding carboxylic acids is 2. The molecule has 0 spiro atoms. The van der Waals surface area contributed by atoms with Gasteiger partial charge in [-0.25, -0.2) is 0 Å². The number of hydrogen-bond acceptors (Lipinski definition) is 2. The zero-order valence-corrected chi connectivity index (χ0v) is 13.9. The molecule has 0 unspecified atom stereocenters. The third kappa shape index (κ3) is 4.12. The monoisotopic (exact) mass is 305 g/mol. The molecule has 1 saturated heterocycles. The van der Waals surface area contributed by atoms with Crippen LogP contribution in [0, 0.1) is 13.8 Å². The molecule has 1 aliphatic rings. The molecular weight excluding hydrogens is 278 g/mol. The van der Waals surface area contributed by atoms with E-state index in [0.717, 1.165) is 42.9 Å². The Labute approximate surface area is 132 Å². The van der Waals surface area contributed by atoms with Gasteiger partial charge in [-0.2, -0.15) is 0 Å². The van der Waals surface area contributed by atoms with Crippen LogP contribution in [-0.4, -0.2) is 52.8 Å². The first-order valence-corrected chi connectivity index (χ1v) is 8.22. The van der Waals surface area contributed by atoms with E-state index >= 15 is 0 Å².